The van der Waals surface area contributed by atoms with E-state index in [1.165, 1.54) is 12.3 Å². The first-order valence-corrected chi connectivity index (χ1v) is 4.48. The maximum Gasteiger partial charge on any atom is 0.232 e. The molecule has 1 rings (SSSR count). The summed E-state index contributed by atoms with van der Waals surface area (Å²) in [6, 6.07) is 3.13. The standard InChI is InChI=1S/C5H7NO3S/c1-10(7,8)6-5-3-2-4-9-5/h2-4,6H,1H3. The second-order valence-corrected chi connectivity index (χ2v) is 3.60. The SMILES string of the molecule is CS(=O)(=O)Nc1ccco1. The first kappa shape index (κ1) is 7.14. The first-order chi connectivity index (χ1) is 4.58. The van der Waals surface area contributed by atoms with E-state index in [0.717, 1.165) is 6.26 Å². The predicted octanol–water partition coefficient (Wildman–Crippen LogP) is 0.651. The van der Waals surface area contributed by atoms with E-state index in [1.807, 2.05) is 0 Å². The van der Waals surface area contributed by atoms with Crippen molar-refractivity contribution in [3.05, 3.63) is 18.4 Å². The van der Waals surface area contributed by atoms with E-state index < -0.39 is 10.0 Å². The Kier molecular flexibility index (Phi) is 1.67. The Morgan fingerprint density at radius 1 is 1.60 bits per heavy atom. The molecular weight excluding hydrogens is 154 g/mol. The molecule has 0 atom stereocenters. The van der Waals surface area contributed by atoms with Gasteiger partial charge in [0.15, 0.2) is 0 Å². The third-order valence-corrected chi connectivity index (χ3v) is 1.38. The molecule has 0 aliphatic carbocycles. The van der Waals surface area contributed by atoms with Crippen LogP contribution in [0.5, 0.6) is 0 Å². The molecule has 0 bridgehead atoms. The van der Waals surface area contributed by atoms with Crippen LogP contribution in [0, 0.1) is 0 Å². The number of hydrogen-bond acceptors (Lipinski definition) is 3. The van der Waals surface area contributed by atoms with Gasteiger partial charge in [0.25, 0.3) is 0 Å². The smallest absolute Gasteiger partial charge is 0.232 e. The van der Waals surface area contributed by atoms with E-state index in [9.17, 15) is 8.42 Å². The molecule has 0 aliphatic rings. The minimum atomic E-state index is -3.19. The van der Waals surface area contributed by atoms with Gasteiger partial charge in [0, 0.05) is 6.07 Å². The Bertz CT molecular complexity index is 287. The Labute approximate surface area is 58.9 Å². The lowest BCUT2D eigenvalue weighted by molar-refractivity contribution is 0.578. The lowest BCUT2D eigenvalue weighted by Crippen LogP contribution is -2.08. The summed E-state index contributed by atoms with van der Waals surface area (Å²) in [7, 11) is -3.19. The van der Waals surface area contributed by atoms with Crippen molar-refractivity contribution in [3.63, 3.8) is 0 Å². The monoisotopic (exact) mass is 161 g/mol. The number of hydrogen-bond donors (Lipinski definition) is 1. The molecule has 0 spiro atoms. The molecule has 0 amide bonds. The van der Waals surface area contributed by atoms with E-state index in [4.69, 9.17) is 4.42 Å². The number of furan rings is 1. The number of anilines is 1. The Hall–Kier alpha value is -0.970. The summed E-state index contributed by atoms with van der Waals surface area (Å²) in [5.41, 5.74) is 0. The van der Waals surface area contributed by atoms with Crippen molar-refractivity contribution in [1.82, 2.24) is 0 Å². The average Bonchev–Trinajstić information content (AvgIpc) is 2.12. The van der Waals surface area contributed by atoms with Crippen molar-refractivity contribution in [2.75, 3.05) is 11.0 Å². The number of rotatable bonds is 2. The average molecular weight is 161 g/mol. The van der Waals surface area contributed by atoms with Crippen LogP contribution in [-0.2, 0) is 10.0 Å². The van der Waals surface area contributed by atoms with Crippen molar-refractivity contribution in [2.24, 2.45) is 0 Å². The van der Waals surface area contributed by atoms with Crippen LogP contribution in [0.15, 0.2) is 22.8 Å². The van der Waals surface area contributed by atoms with Crippen molar-refractivity contribution >= 4 is 15.9 Å². The van der Waals surface area contributed by atoms with Crippen LogP contribution in [0.1, 0.15) is 0 Å². The van der Waals surface area contributed by atoms with E-state index in [2.05, 4.69) is 4.72 Å². The highest BCUT2D eigenvalue weighted by atomic mass is 32.2. The fraction of sp³-hybridized carbons (Fsp3) is 0.200. The summed E-state index contributed by atoms with van der Waals surface area (Å²) in [5, 5.41) is 0. The molecule has 5 heteroatoms. The molecule has 0 fully saturated rings. The molecule has 0 saturated heterocycles. The maximum atomic E-state index is 10.5. The maximum absolute atomic E-state index is 10.5. The minimum Gasteiger partial charge on any atom is -0.448 e. The van der Waals surface area contributed by atoms with Crippen molar-refractivity contribution in [2.45, 2.75) is 0 Å². The molecular formula is C5H7NO3S. The Balaban J connectivity index is 2.75. The van der Waals surface area contributed by atoms with E-state index in [1.54, 1.807) is 6.07 Å². The highest BCUT2D eigenvalue weighted by Crippen LogP contribution is 2.07. The molecule has 1 aromatic rings. The normalized spacial score (nSPS) is 11.3. The van der Waals surface area contributed by atoms with Crippen LogP contribution in [0.25, 0.3) is 0 Å². The third kappa shape index (κ3) is 2.10. The topological polar surface area (TPSA) is 59.3 Å². The second kappa shape index (κ2) is 2.34. The van der Waals surface area contributed by atoms with Crippen LogP contribution in [-0.4, -0.2) is 14.7 Å². The zero-order chi connectivity index (χ0) is 7.61. The number of sulfonamides is 1. The van der Waals surface area contributed by atoms with Crippen molar-refractivity contribution in [1.29, 1.82) is 0 Å². The van der Waals surface area contributed by atoms with Gasteiger partial charge < -0.3 is 4.42 Å². The molecule has 0 aromatic carbocycles. The molecule has 0 saturated carbocycles. The van der Waals surface area contributed by atoms with E-state index in [-0.39, 0.29) is 5.88 Å². The van der Waals surface area contributed by atoms with E-state index >= 15 is 0 Å². The van der Waals surface area contributed by atoms with Gasteiger partial charge in [-0.25, -0.2) is 8.42 Å². The second-order valence-electron chi connectivity index (χ2n) is 1.85. The lowest BCUT2D eigenvalue weighted by Gasteiger charge is -1.95. The minimum absolute atomic E-state index is 0.238. The van der Waals surface area contributed by atoms with E-state index in [0.29, 0.717) is 0 Å². The van der Waals surface area contributed by atoms with Crippen LogP contribution in [0.2, 0.25) is 0 Å². The summed E-state index contributed by atoms with van der Waals surface area (Å²) in [6.07, 6.45) is 2.46. The highest BCUT2D eigenvalue weighted by molar-refractivity contribution is 7.91. The van der Waals surface area contributed by atoms with Gasteiger partial charge in [-0.3, -0.25) is 4.72 Å². The van der Waals surface area contributed by atoms with Crippen molar-refractivity contribution < 1.29 is 12.8 Å². The quantitative estimate of drug-likeness (QED) is 0.692. The Morgan fingerprint density at radius 2 is 2.30 bits per heavy atom. The third-order valence-electron chi connectivity index (χ3n) is 0.807. The van der Waals surface area contributed by atoms with Crippen LogP contribution in [0.4, 0.5) is 5.88 Å². The summed E-state index contributed by atoms with van der Waals surface area (Å²) < 4.78 is 27.9. The molecule has 1 aromatic heterocycles. The first-order valence-electron chi connectivity index (χ1n) is 2.59. The molecule has 10 heavy (non-hydrogen) atoms. The van der Waals surface area contributed by atoms with Gasteiger partial charge in [0.05, 0.1) is 12.5 Å². The zero-order valence-corrected chi connectivity index (χ0v) is 6.18. The molecule has 1 N–H and O–H groups in total. The fourth-order valence-electron chi connectivity index (χ4n) is 0.519. The van der Waals surface area contributed by atoms with Gasteiger partial charge >= 0.3 is 0 Å². The molecule has 1 heterocycles. The molecule has 4 nitrogen and oxygen atoms in total. The fourth-order valence-corrected chi connectivity index (χ4v) is 1.00. The molecule has 0 aliphatic heterocycles. The summed E-state index contributed by atoms with van der Waals surface area (Å²) >= 11 is 0. The zero-order valence-electron chi connectivity index (χ0n) is 5.37. The lowest BCUT2D eigenvalue weighted by atomic mass is 10.6. The summed E-state index contributed by atoms with van der Waals surface area (Å²) in [5.74, 6) is 0.238. The van der Waals surface area contributed by atoms with Gasteiger partial charge in [-0.2, -0.15) is 0 Å². The van der Waals surface area contributed by atoms with Gasteiger partial charge in [0.2, 0.25) is 15.9 Å². The Morgan fingerprint density at radius 3 is 2.70 bits per heavy atom. The van der Waals surface area contributed by atoms with Crippen molar-refractivity contribution in [3.8, 4) is 0 Å². The largest absolute Gasteiger partial charge is 0.448 e. The number of nitrogens with one attached hydrogen (secondary N) is 1. The predicted molar refractivity (Wildman–Crippen MR) is 37.2 cm³/mol. The van der Waals surface area contributed by atoms with Gasteiger partial charge in [-0.15, -0.1) is 0 Å². The van der Waals surface area contributed by atoms with Gasteiger partial charge in [-0.05, 0) is 6.07 Å². The summed E-state index contributed by atoms with van der Waals surface area (Å²) in [4.78, 5) is 0. The van der Waals surface area contributed by atoms with Crippen LogP contribution in [0.3, 0.4) is 0 Å². The molecule has 0 radical (unpaired) electrons. The molecule has 56 valence electrons. The van der Waals surface area contributed by atoms with Gasteiger partial charge in [-0.1, -0.05) is 0 Å². The highest BCUT2D eigenvalue weighted by Gasteiger charge is 2.01. The summed E-state index contributed by atoms with van der Waals surface area (Å²) in [6.45, 7) is 0. The van der Waals surface area contributed by atoms with Crippen LogP contribution >= 0.6 is 0 Å². The van der Waals surface area contributed by atoms with Gasteiger partial charge in [0.1, 0.15) is 0 Å². The van der Waals surface area contributed by atoms with Crippen LogP contribution < -0.4 is 4.72 Å². The molecule has 0 unspecified atom stereocenters.